The Balaban J connectivity index is 2.39. The van der Waals surface area contributed by atoms with Crippen LogP contribution in [0, 0.1) is 6.07 Å². The summed E-state index contributed by atoms with van der Waals surface area (Å²) in [5.74, 6) is 0.822. The van der Waals surface area contributed by atoms with Gasteiger partial charge in [0.1, 0.15) is 0 Å². The number of hydrogen-bond acceptors (Lipinski definition) is 0. The quantitative estimate of drug-likeness (QED) is 0.570. The SMILES string of the molecule is CCC1CCc2[c]cccc21. The average Bonchev–Trinajstić information content (AvgIpc) is 2.47. The van der Waals surface area contributed by atoms with E-state index in [2.05, 4.69) is 25.1 Å². The van der Waals surface area contributed by atoms with Crippen LogP contribution in [-0.2, 0) is 6.42 Å². The van der Waals surface area contributed by atoms with Crippen molar-refractivity contribution in [1.82, 2.24) is 0 Å². The zero-order chi connectivity index (χ0) is 7.68. The van der Waals surface area contributed by atoms with E-state index in [1.165, 1.54) is 24.8 Å². The van der Waals surface area contributed by atoms with Crippen molar-refractivity contribution in [2.24, 2.45) is 0 Å². The third-order valence-electron chi connectivity index (χ3n) is 2.65. The lowest BCUT2D eigenvalue weighted by Crippen LogP contribution is -1.89. The molecule has 1 unspecified atom stereocenters. The molecule has 1 aliphatic carbocycles. The minimum atomic E-state index is 0.822. The van der Waals surface area contributed by atoms with Gasteiger partial charge >= 0.3 is 0 Å². The average molecular weight is 145 g/mol. The van der Waals surface area contributed by atoms with Gasteiger partial charge in [-0.1, -0.05) is 25.1 Å². The van der Waals surface area contributed by atoms with Gasteiger partial charge in [0, 0.05) is 0 Å². The maximum Gasteiger partial charge on any atom is -0.0146 e. The predicted molar refractivity (Wildman–Crippen MR) is 46.6 cm³/mol. The first-order chi connectivity index (χ1) is 5.42. The zero-order valence-electron chi connectivity index (χ0n) is 6.93. The maximum atomic E-state index is 3.31. The Morgan fingerprint density at radius 1 is 1.64 bits per heavy atom. The highest BCUT2D eigenvalue weighted by atomic mass is 14.2. The van der Waals surface area contributed by atoms with Crippen molar-refractivity contribution >= 4 is 0 Å². The Morgan fingerprint density at radius 2 is 2.55 bits per heavy atom. The fraction of sp³-hybridized carbons (Fsp3) is 0.455. The minimum absolute atomic E-state index is 0.822. The summed E-state index contributed by atoms with van der Waals surface area (Å²) in [4.78, 5) is 0. The van der Waals surface area contributed by atoms with E-state index >= 15 is 0 Å². The van der Waals surface area contributed by atoms with Crippen LogP contribution in [0.3, 0.4) is 0 Å². The molecular formula is C11H13. The molecule has 0 nitrogen and oxygen atoms in total. The zero-order valence-corrected chi connectivity index (χ0v) is 6.93. The van der Waals surface area contributed by atoms with Crippen LogP contribution in [0.1, 0.15) is 36.8 Å². The molecule has 0 aliphatic heterocycles. The van der Waals surface area contributed by atoms with Crippen molar-refractivity contribution < 1.29 is 0 Å². The first-order valence-corrected chi connectivity index (χ1v) is 4.41. The minimum Gasteiger partial charge on any atom is -0.0648 e. The number of aryl methyl sites for hydroxylation is 1. The fourth-order valence-corrected chi connectivity index (χ4v) is 1.98. The molecule has 0 amide bonds. The monoisotopic (exact) mass is 145 g/mol. The van der Waals surface area contributed by atoms with Crippen molar-refractivity contribution in [2.45, 2.75) is 32.1 Å². The molecule has 1 aromatic carbocycles. The van der Waals surface area contributed by atoms with Crippen LogP contribution in [0.5, 0.6) is 0 Å². The maximum absolute atomic E-state index is 3.31. The van der Waals surface area contributed by atoms with Gasteiger partial charge in [-0.05, 0) is 42.4 Å². The summed E-state index contributed by atoms with van der Waals surface area (Å²) in [6.07, 6.45) is 3.87. The van der Waals surface area contributed by atoms with Gasteiger partial charge in [-0.15, -0.1) is 0 Å². The van der Waals surface area contributed by atoms with Crippen molar-refractivity contribution in [2.75, 3.05) is 0 Å². The van der Waals surface area contributed by atoms with Crippen molar-refractivity contribution in [1.29, 1.82) is 0 Å². The normalized spacial score (nSPS) is 21.7. The van der Waals surface area contributed by atoms with Crippen molar-refractivity contribution in [3.8, 4) is 0 Å². The van der Waals surface area contributed by atoms with Crippen molar-refractivity contribution in [3.05, 3.63) is 35.4 Å². The second-order valence-electron chi connectivity index (χ2n) is 3.25. The highest BCUT2D eigenvalue weighted by Crippen LogP contribution is 2.34. The van der Waals surface area contributed by atoms with Gasteiger partial charge in [0.25, 0.3) is 0 Å². The lowest BCUT2D eigenvalue weighted by molar-refractivity contribution is 0.656. The van der Waals surface area contributed by atoms with Gasteiger partial charge in [0.2, 0.25) is 0 Å². The molecule has 0 saturated heterocycles. The van der Waals surface area contributed by atoms with E-state index in [1.54, 1.807) is 5.56 Å². The van der Waals surface area contributed by atoms with E-state index in [9.17, 15) is 0 Å². The molecule has 1 radical (unpaired) electrons. The second kappa shape index (κ2) is 2.69. The second-order valence-corrected chi connectivity index (χ2v) is 3.25. The molecule has 0 heteroatoms. The van der Waals surface area contributed by atoms with E-state index in [4.69, 9.17) is 0 Å². The number of hydrogen-bond donors (Lipinski definition) is 0. The summed E-state index contributed by atoms with van der Waals surface area (Å²) >= 11 is 0. The Hall–Kier alpha value is -0.780. The van der Waals surface area contributed by atoms with E-state index in [-0.39, 0.29) is 0 Å². The summed E-state index contributed by atoms with van der Waals surface area (Å²) in [7, 11) is 0. The predicted octanol–water partition coefficient (Wildman–Crippen LogP) is 2.93. The molecule has 0 heterocycles. The molecule has 2 rings (SSSR count). The van der Waals surface area contributed by atoms with Gasteiger partial charge < -0.3 is 0 Å². The Bertz CT molecular complexity index is 250. The van der Waals surface area contributed by atoms with E-state index in [1.807, 2.05) is 6.07 Å². The van der Waals surface area contributed by atoms with E-state index < -0.39 is 0 Å². The van der Waals surface area contributed by atoms with Crippen LogP contribution in [0.25, 0.3) is 0 Å². The Morgan fingerprint density at radius 3 is 3.36 bits per heavy atom. The summed E-state index contributed by atoms with van der Waals surface area (Å²) < 4.78 is 0. The van der Waals surface area contributed by atoms with Crippen LogP contribution < -0.4 is 0 Å². The third kappa shape index (κ3) is 1.07. The molecule has 1 aromatic rings. The molecule has 11 heavy (non-hydrogen) atoms. The molecular weight excluding hydrogens is 132 g/mol. The summed E-state index contributed by atoms with van der Waals surface area (Å²) in [6.45, 7) is 2.27. The molecule has 0 N–H and O–H groups in total. The molecule has 0 spiro atoms. The molecule has 0 saturated carbocycles. The number of benzene rings is 1. The van der Waals surface area contributed by atoms with Gasteiger partial charge in [0.05, 0.1) is 0 Å². The van der Waals surface area contributed by atoms with E-state index in [0.717, 1.165) is 5.92 Å². The van der Waals surface area contributed by atoms with Gasteiger partial charge in [0.15, 0.2) is 0 Å². The standard InChI is InChI=1S/C11H13/c1-2-9-7-8-10-5-3-4-6-11(9)10/h3-4,6,9H,2,7-8H2,1H3. The molecule has 0 aromatic heterocycles. The van der Waals surface area contributed by atoms with Crippen LogP contribution in [0.2, 0.25) is 0 Å². The molecule has 0 fully saturated rings. The Labute approximate surface area is 68.3 Å². The molecule has 57 valence electrons. The lowest BCUT2D eigenvalue weighted by Gasteiger charge is -2.06. The smallest absolute Gasteiger partial charge is 0.0146 e. The van der Waals surface area contributed by atoms with Crippen LogP contribution in [0.4, 0.5) is 0 Å². The molecule has 1 atom stereocenters. The summed E-state index contributed by atoms with van der Waals surface area (Å²) in [5.41, 5.74) is 3.01. The molecule has 0 bridgehead atoms. The highest BCUT2D eigenvalue weighted by molar-refractivity contribution is 5.33. The summed E-state index contributed by atoms with van der Waals surface area (Å²) in [5, 5.41) is 0. The Kier molecular flexibility index (Phi) is 1.69. The van der Waals surface area contributed by atoms with Gasteiger partial charge in [-0.3, -0.25) is 0 Å². The van der Waals surface area contributed by atoms with Crippen LogP contribution in [-0.4, -0.2) is 0 Å². The fourth-order valence-electron chi connectivity index (χ4n) is 1.98. The van der Waals surface area contributed by atoms with Crippen molar-refractivity contribution in [3.63, 3.8) is 0 Å². The van der Waals surface area contributed by atoms with E-state index in [0.29, 0.717) is 0 Å². The van der Waals surface area contributed by atoms with Gasteiger partial charge in [-0.25, -0.2) is 0 Å². The third-order valence-corrected chi connectivity index (χ3v) is 2.65. The van der Waals surface area contributed by atoms with Gasteiger partial charge in [-0.2, -0.15) is 0 Å². The highest BCUT2D eigenvalue weighted by Gasteiger charge is 2.19. The summed E-state index contributed by atoms with van der Waals surface area (Å²) in [6, 6.07) is 9.70. The largest absolute Gasteiger partial charge is 0.0648 e. The first kappa shape index (κ1) is 6.90. The topological polar surface area (TPSA) is 0 Å². The number of fused-ring (bicyclic) bond motifs is 1. The lowest BCUT2D eigenvalue weighted by atomic mass is 9.99. The first-order valence-electron chi connectivity index (χ1n) is 4.41. The van der Waals surface area contributed by atoms with Crippen LogP contribution in [0.15, 0.2) is 18.2 Å². The number of rotatable bonds is 1. The van der Waals surface area contributed by atoms with Crippen LogP contribution >= 0.6 is 0 Å². The molecule has 1 aliphatic rings.